The standard InChI is InChI=1S/C16H26N4O.ClH/c1-9-14(10(2)20(3)19-9)16(21)18-15-11-5-4-6-12(15)8-13(17)7-11;/h11-13,15H,4-8,17H2,1-3H3,(H,18,21);1H. The number of nitrogens with zero attached hydrogens (tertiary/aromatic N) is 2. The fourth-order valence-corrected chi connectivity index (χ4v) is 4.35. The van der Waals surface area contributed by atoms with Crippen molar-refractivity contribution < 1.29 is 4.79 Å². The molecular weight excluding hydrogens is 300 g/mol. The van der Waals surface area contributed by atoms with Gasteiger partial charge in [-0.3, -0.25) is 9.48 Å². The van der Waals surface area contributed by atoms with Crippen molar-refractivity contribution in [2.45, 2.75) is 58.0 Å². The van der Waals surface area contributed by atoms with Crippen LogP contribution >= 0.6 is 12.4 Å². The van der Waals surface area contributed by atoms with E-state index in [9.17, 15) is 4.79 Å². The van der Waals surface area contributed by atoms with Crippen LogP contribution in [0.3, 0.4) is 0 Å². The number of aryl methyl sites for hydroxylation is 2. The lowest BCUT2D eigenvalue weighted by Gasteiger charge is -2.45. The Morgan fingerprint density at radius 3 is 2.36 bits per heavy atom. The Morgan fingerprint density at radius 2 is 1.86 bits per heavy atom. The van der Waals surface area contributed by atoms with E-state index in [-0.39, 0.29) is 18.3 Å². The van der Waals surface area contributed by atoms with Gasteiger partial charge < -0.3 is 11.1 Å². The molecule has 2 bridgehead atoms. The summed E-state index contributed by atoms with van der Waals surface area (Å²) in [4.78, 5) is 12.7. The molecule has 3 N–H and O–H groups in total. The SMILES string of the molecule is Cc1nn(C)c(C)c1C(=O)NC1C2CCCC1CC(N)C2.Cl. The molecule has 0 aliphatic heterocycles. The van der Waals surface area contributed by atoms with Crippen LogP contribution in [0.5, 0.6) is 0 Å². The van der Waals surface area contributed by atoms with Crippen LogP contribution in [0.4, 0.5) is 0 Å². The number of carbonyl (C=O) groups is 1. The van der Waals surface area contributed by atoms with E-state index in [1.807, 2.05) is 20.9 Å². The summed E-state index contributed by atoms with van der Waals surface area (Å²) in [5.41, 5.74) is 8.64. The first-order valence-electron chi connectivity index (χ1n) is 8.04. The first kappa shape index (κ1) is 17.3. The van der Waals surface area contributed by atoms with Gasteiger partial charge in [0.2, 0.25) is 0 Å². The third-order valence-corrected chi connectivity index (χ3v) is 5.41. The molecule has 2 unspecified atom stereocenters. The second-order valence-corrected chi connectivity index (χ2v) is 6.85. The van der Waals surface area contributed by atoms with Crippen molar-refractivity contribution in [2.24, 2.45) is 24.6 Å². The first-order chi connectivity index (χ1) is 9.97. The van der Waals surface area contributed by atoms with Crippen molar-refractivity contribution in [3.63, 3.8) is 0 Å². The van der Waals surface area contributed by atoms with Crippen LogP contribution in [0.1, 0.15) is 53.8 Å². The summed E-state index contributed by atoms with van der Waals surface area (Å²) >= 11 is 0. The zero-order valence-corrected chi connectivity index (χ0v) is 14.4. The monoisotopic (exact) mass is 326 g/mol. The highest BCUT2D eigenvalue weighted by molar-refractivity contribution is 5.96. The number of fused-ring (bicyclic) bond motifs is 2. The van der Waals surface area contributed by atoms with Gasteiger partial charge in [-0.05, 0) is 51.4 Å². The van der Waals surface area contributed by atoms with Gasteiger partial charge in [-0.25, -0.2) is 0 Å². The van der Waals surface area contributed by atoms with E-state index < -0.39 is 0 Å². The van der Waals surface area contributed by atoms with Gasteiger partial charge in [0.1, 0.15) is 0 Å². The van der Waals surface area contributed by atoms with Crippen molar-refractivity contribution in [1.82, 2.24) is 15.1 Å². The summed E-state index contributed by atoms with van der Waals surface area (Å²) in [6.45, 7) is 3.85. The van der Waals surface area contributed by atoms with Crippen LogP contribution in [0.25, 0.3) is 0 Å². The zero-order valence-electron chi connectivity index (χ0n) is 13.6. The van der Waals surface area contributed by atoms with E-state index >= 15 is 0 Å². The Morgan fingerprint density at radius 1 is 1.27 bits per heavy atom. The molecule has 1 aromatic rings. The Labute approximate surface area is 138 Å². The van der Waals surface area contributed by atoms with Crippen molar-refractivity contribution in [3.8, 4) is 0 Å². The summed E-state index contributed by atoms with van der Waals surface area (Å²) in [6, 6.07) is 0.611. The van der Waals surface area contributed by atoms with Crippen LogP contribution in [0.2, 0.25) is 0 Å². The molecular formula is C16H27ClN4O. The van der Waals surface area contributed by atoms with Gasteiger partial charge in [0, 0.05) is 24.8 Å². The van der Waals surface area contributed by atoms with Crippen LogP contribution in [0.15, 0.2) is 0 Å². The predicted molar refractivity (Wildman–Crippen MR) is 89.2 cm³/mol. The number of rotatable bonds is 2. The average Bonchev–Trinajstić information content (AvgIpc) is 2.64. The van der Waals surface area contributed by atoms with E-state index in [1.165, 1.54) is 19.3 Å². The van der Waals surface area contributed by atoms with E-state index in [0.717, 1.165) is 29.8 Å². The molecule has 0 saturated heterocycles. The maximum absolute atomic E-state index is 12.7. The number of hydrogen-bond acceptors (Lipinski definition) is 3. The molecule has 2 aliphatic carbocycles. The number of halogens is 1. The highest BCUT2D eigenvalue weighted by Crippen LogP contribution is 2.39. The predicted octanol–water partition coefficient (Wildman–Crippen LogP) is 2.09. The number of aromatic nitrogens is 2. The molecule has 2 fully saturated rings. The molecule has 1 aromatic heterocycles. The van der Waals surface area contributed by atoms with E-state index in [4.69, 9.17) is 5.73 Å². The number of nitrogens with two attached hydrogens (primary N) is 1. The highest BCUT2D eigenvalue weighted by Gasteiger charge is 2.40. The molecule has 1 amide bonds. The number of nitrogens with one attached hydrogen (secondary N) is 1. The fraction of sp³-hybridized carbons (Fsp3) is 0.750. The minimum atomic E-state index is 0. The van der Waals surface area contributed by atoms with Crippen LogP contribution in [0, 0.1) is 25.7 Å². The van der Waals surface area contributed by atoms with Gasteiger partial charge in [0.25, 0.3) is 5.91 Å². The van der Waals surface area contributed by atoms with E-state index in [0.29, 0.717) is 23.9 Å². The minimum absolute atomic E-state index is 0. The average molecular weight is 327 g/mol. The van der Waals surface area contributed by atoms with Gasteiger partial charge in [0.15, 0.2) is 0 Å². The number of amides is 1. The lowest BCUT2D eigenvalue weighted by atomic mass is 9.67. The minimum Gasteiger partial charge on any atom is -0.349 e. The summed E-state index contributed by atoms with van der Waals surface area (Å²) in [7, 11) is 1.88. The Balaban J connectivity index is 0.00000176. The smallest absolute Gasteiger partial charge is 0.255 e. The van der Waals surface area contributed by atoms with Gasteiger partial charge in [-0.15, -0.1) is 12.4 Å². The van der Waals surface area contributed by atoms with Crippen molar-refractivity contribution in [3.05, 3.63) is 17.0 Å². The van der Waals surface area contributed by atoms with Crippen LogP contribution < -0.4 is 11.1 Å². The lowest BCUT2D eigenvalue weighted by Crippen LogP contribution is -2.53. The molecule has 2 aliphatic rings. The molecule has 6 heteroatoms. The highest BCUT2D eigenvalue weighted by atomic mass is 35.5. The summed E-state index contributed by atoms with van der Waals surface area (Å²) < 4.78 is 1.78. The molecule has 0 spiro atoms. The Hall–Kier alpha value is -1.07. The summed E-state index contributed by atoms with van der Waals surface area (Å²) in [5, 5.41) is 7.65. The summed E-state index contributed by atoms with van der Waals surface area (Å²) in [6.07, 6.45) is 5.76. The summed E-state index contributed by atoms with van der Waals surface area (Å²) in [5.74, 6) is 1.14. The maximum atomic E-state index is 12.7. The molecule has 0 radical (unpaired) electrons. The molecule has 124 valence electrons. The second-order valence-electron chi connectivity index (χ2n) is 6.85. The van der Waals surface area contributed by atoms with Crippen molar-refractivity contribution in [2.75, 3.05) is 0 Å². The molecule has 2 atom stereocenters. The largest absolute Gasteiger partial charge is 0.349 e. The molecule has 0 aromatic carbocycles. The Kier molecular flexibility index (Phi) is 5.17. The van der Waals surface area contributed by atoms with Crippen molar-refractivity contribution in [1.29, 1.82) is 0 Å². The maximum Gasteiger partial charge on any atom is 0.255 e. The van der Waals surface area contributed by atoms with Gasteiger partial charge in [-0.1, -0.05) is 6.42 Å². The van der Waals surface area contributed by atoms with Gasteiger partial charge >= 0.3 is 0 Å². The Bertz CT molecular complexity index is 543. The second kappa shape index (κ2) is 6.59. The van der Waals surface area contributed by atoms with Crippen molar-refractivity contribution >= 4 is 18.3 Å². The van der Waals surface area contributed by atoms with Crippen LogP contribution in [-0.4, -0.2) is 27.8 Å². The zero-order chi connectivity index (χ0) is 15.1. The lowest BCUT2D eigenvalue weighted by molar-refractivity contribution is 0.0755. The van der Waals surface area contributed by atoms with Gasteiger partial charge in [-0.2, -0.15) is 5.10 Å². The number of hydrogen-bond donors (Lipinski definition) is 2. The van der Waals surface area contributed by atoms with E-state index in [2.05, 4.69) is 10.4 Å². The first-order valence-corrected chi connectivity index (χ1v) is 8.04. The normalized spacial score (nSPS) is 30.5. The molecule has 22 heavy (non-hydrogen) atoms. The fourth-order valence-electron chi connectivity index (χ4n) is 4.35. The topological polar surface area (TPSA) is 72.9 Å². The third-order valence-electron chi connectivity index (χ3n) is 5.41. The molecule has 3 rings (SSSR count). The number of carbonyl (C=O) groups excluding carboxylic acids is 1. The molecule has 5 nitrogen and oxygen atoms in total. The van der Waals surface area contributed by atoms with Gasteiger partial charge in [0.05, 0.1) is 11.3 Å². The molecule has 1 heterocycles. The van der Waals surface area contributed by atoms with Crippen LogP contribution in [-0.2, 0) is 7.05 Å². The third kappa shape index (κ3) is 3.01. The van der Waals surface area contributed by atoms with E-state index in [1.54, 1.807) is 4.68 Å². The molecule has 2 saturated carbocycles. The quantitative estimate of drug-likeness (QED) is 0.874.